The molecule has 2 aromatic rings. The number of hydrogen-bond donors (Lipinski definition) is 0. The highest BCUT2D eigenvalue weighted by Gasteiger charge is 2.49. The van der Waals surface area contributed by atoms with Crippen LogP contribution in [0.1, 0.15) is 46.5 Å². The monoisotopic (exact) mass is 599 g/mol. The third-order valence-corrected chi connectivity index (χ3v) is 8.44. The van der Waals surface area contributed by atoms with Gasteiger partial charge < -0.3 is 19.3 Å². The quantitative estimate of drug-likeness (QED) is 0.444. The molecule has 3 saturated heterocycles. The van der Waals surface area contributed by atoms with Crippen LogP contribution >= 0.6 is 15.9 Å². The van der Waals surface area contributed by atoms with Gasteiger partial charge in [0.1, 0.15) is 35.5 Å². The minimum Gasteiger partial charge on any atom is -0.461 e. The number of hydrogen-bond acceptors (Lipinski definition) is 7. The third kappa shape index (κ3) is 5.13. The van der Waals surface area contributed by atoms with E-state index in [0.29, 0.717) is 38.3 Å². The molecule has 8 nitrogen and oxygen atoms in total. The summed E-state index contributed by atoms with van der Waals surface area (Å²) >= 11 is 2.96. The fourth-order valence-electron chi connectivity index (χ4n) is 5.84. The molecule has 1 amide bonds. The number of nitrogens with zero attached hydrogens (tertiary/aromatic N) is 5. The second-order valence-corrected chi connectivity index (χ2v) is 12.3. The third-order valence-electron chi connectivity index (χ3n) is 7.71. The SMILES string of the molecule is CN(c1nc(OC[C@@]23CCCN2C[C@H](F)C3)nc2c(F)c(Br)c(F)cc12)[C@H]1CCN(C(=O)OC(C)(C)C)C1. The van der Waals surface area contributed by atoms with E-state index in [-0.39, 0.29) is 34.0 Å². The maximum Gasteiger partial charge on any atom is 0.410 e. The smallest absolute Gasteiger partial charge is 0.410 e. The first kappa shape index (κ1) is 27.2. The van der Waals surface area contributed by atoms with Gasteiger partial charge in [0.05, 0.1) is 10.0 Å². The van der Waals surface area contributed by atoms with E-state index in [4.69, 9.17) is 9.47 Å². The van der Waals surface area contributed by atoms with Gasteiger partial charge in [-0.3, -0.25) is 4.90 Å². The van der Waals surface area contributed by atoms with Crippen molar-refractivity contribution in [2.24, 2.45) is 0 Å². The summed E-state index contributed by atoms with van der Waals surface area (Å²) in [4.78, 5) is 27.0. The van der Waals surface area contributed by atoms with Crippen LogP contribution in [0.25, 0.3) is 10.9 Å². The number of rotatable bonds is 5. The van der Waals surface area contributed by atoms with Crippen LogP contribution in [0.5, 0.6) is 6.01 Å². The molecule has 4 heterocycles. The number of benzene rings is 1. The summed E-state index contributed by atoms with van der Waals surface area (Å²) < 4.78 is 55.2. The number of carbonyl (C=O) groups excluding carboxylic acids is 1. The molecule has 3 fully saturated rings. The van der Waals surface area contributed by atoms with E-state index in [9.17, 15) is 13.6 Å². The molecule has 0 bridgehead atoms. The average molecular weight is 600 g/mol. The number of likely N-dealkylation sites (N-methyl/N-ethyl adjacent to an activating group) is 1. The lowest BCUT2D eigenvalue weighted by atomic mass is 9.95. The molecule has 208 valence electrons. The number of carbonyl (C=O) groups is 1. The van der Waals surface area contributed by atoms with Crippen molar-refractivity contribution in [3.63, 3.8) is 0 Å². The molecule has 0 radical (unpaired) electrons. The van der Waals surface area contributed by atoms with E-state index < -0.39 is 35.0 Å². The minimum absolute atomic E-state index is 0.0534. The maximum atomic E-state index is 15.2. The highest BCUT2D eigenvalue weighted by Crippen LogP contribution is 2.41. The summed E-state index contributed by atoms with van der Waals surface area (Å²) in [6.07, 6.45) is 1.44. The molecule has 1 aromatic carbocycles. The fourth-order valence-corrected chi connectivity index (χ4v) is 6.14. The largest absolute Gasteiger partial charge is 0.461 e. The second-order valence-electron chi connectivity index (χ2n) is 11.6. The van der Waals surface area contributed by atoms with Crippen LogP contribution in [0.3, 0.4) is 0 Å². The Bertz CT molecular complexity index is 1250. The standard InChI is InChI=1S/C26H33BrF3N5O3/c1-25(2,3)38-24(36)34-9-6-16(13-34)33(4)22-17-10-18(29)19(27)20(30)21(17)31-23(32-22)37-14-26-7-5-8-35(26)12-15(28)11-26/h10,15-16H,5-9,11-14H2,1-4H3/t15-,16+,26+/m1/s1. The number of fused-ring (bicyclic) bond motifs is 2. The Morgan fingerprint density at radius 1 is 1.26 bits per heavy atom. The van der Waals surface area contributed by atoms with Gasteiger partial charge in [0, 0.05) is 44.5 Å². The molecule has 3 aliphatic rings. The van der Waals surface area contributed by atoms with Gasteiger partial charge in [0.15, 0.2) is 5.82 Å². The molecule has 3 atom stereocenters. The van der Waals surface area contributed by atoms with Gasteiger partial charge in [-0.1, -0.05) is 0 Å². The predicted octanol–water partition coefficient (Wildman–Crippen LogP) is 5.07. The number of anilines is 1. The molecule has 3 aliphatic heterocycles. The van der Waals surface area contributed by atoms with Crippen LogP contribution in [-0.2, 0) is 4.74 Å². The highest BCUT2D eigenvalue weighted by molar-refractivity contribution is 9.10. The normalized spacial score (nSPS) is 25.7. The van der Waals surface area contributed by atoms with Crippen molar-refractivity contribution in [2.75, 3.05) is 44.7 Å². The van der Waals surface area contributed by atoms with Crippen molar-refractivity contribution in [2.45, 2.75) is 69.8 Å². The molecule has 12 heteroatoms. The molecule has 1 aromatic heterocycles. The molecule has 38 heavy (non-hydrogen) atoms. The van der Waals surface area contributed by atoms with Gasteiger partial charge in [0.2, 0.25) is 0 Å². The van der Waals surface area contributed by atoms with Crippen molar-refractivity contribution in [3.05, 3.63) is 22.2 Å². The first-order chi connectivity index (χ1) is 17.9. The summed E-state index contributed by atoms with van der Waals surface area (Å²) in [5, 5.41) is 0.194. The van der Waals surface area contributed by atoms with E-state index in [0.717, 1.165) is 19.4 Å². The Morgan fingerprint density at radius 3 is 2.76 bits per heavy atom. The zero-order chi connectivity index (χ0) is 27.4. The van der Waals surface area contributed by atoms with E-state index in [2.05, 4.69) is 30.8 Å². The van der Waals surface area contributed by atoms with Crippen LogP contribution in [0, 0.1) is 11.6 Å². The van der Waals surface area contributed by atoms with Gasteiger partial charge in [-0.15, -0.1) is 0 Å². The van der Waals surface area contributed by atoms with Crippen molar-refractivity contribution < 1.29 is 27.4 Å². The van der Waals surface area contributed by atoms with Crippen molar-refractivity contribution in [1.82, 2.24) is 19.8 Å². The summed E-state index contributed by atoms with van der Waals surface area (Å²) in [5.41, 5.74) is -1.12. The maximum absolute atomic E-state index is 15.2. The first-order valence-electron chi connectivity index (χ1n) is 12.9. The van der Waals surface area contributed by atoms with Crippen LogP contribution in [-0.4, -0.2) is 89.0 Å². The highest BCUT2D eigenvalue weighted by atomic mass is 79.9. The summed E-state index contributed by atoms with van der Waals surface area (Å²) in [6, 6.07) is 0.970. The topological polar surface area (TPSA) is 71.0 Å². The van der Waals surface area contributed by atoms with Gasteiger partial charge in [-0.05, 0) is 68.6 Å². The van der Waals surface area contributed by atoms with Gasteiger partial charge in [-0.2, -0.15) is 9.97 Å². The number of likely N-dealkylation sites (tertiary alicyclic amines) is 1. The Hall–Kier alpha value is -2.34. The predicted molar refractivity (Wildman–Crippen MR) is 140 cm³/mol. The van der Waals surface area contributed by atoms with Crippen LogP contribution < -0.4 is 9.64 Å². The van der Waals surface area contributed by atoms with Crippen LogP contribution in [0.2, 0.25) is 0 Å². The summed E-state index contributed by atoms with van der Waals surface area (Å²) in [6.45, 7) is 7.65. The van der Waals surface area contributed by atoms with E-state index in [1.165, 1.54) is 6.07 Å². The lowest BCUT2D eigenvalue weighted by molar-refractivity contribution is 0.0292. The Labute approximate surface area is 228 Å². The zero-order valence-electron chi connectivity index (χ0n) is 22.1. The molecular weight excluding hydrogens is 567 g/mol. The number of alkyl halides is 1. The van der Waals surface area contributed by atoms with Crippen LogP contribution in [0.4, 0.5) is 23.8 Å². The molecule has 5 rings (SSSR count). The summed E-state index contributed by atoms with van der Waals surface area (Å²) in [7, 11) is 1.77. The van der Waals surface area contributed by atoms with Gasteiger partial charge in [-0.25, -0.2) is 18.0 Å². The second kappa shape index (κ2) is 10.0. The molecular formula is C26H33BrF3N5O3. The minimum atomic E-state index is -0.912. The van der Waals surface area contributed by atoms with E-state index in [1.54, 1.807) is 16.8 Å². The zero-order valence-corrected chi connectivity index (χ0v) is 23.7. The average Bonchev–Trinajstić information content (AvgIpc) is 3.54. The Balaban J connectivity index is 1.44. The van der Waals surface area contributed by atoms with Gasteiger partial charge >= 0.3 is 12.1 Å². The lowest BCUT2D eigenvalue weighted by Crippen LogP contribution is -2.43. The Morgan fingerprint density at radius 2 is 2.03 bits per heavy atom. The first-order valence-corrected chi connectivity index (χ1v) is 13.7. The molecule has 0 N–H and O–H groups in total. The van der Waals surface area contributed by atoms with Crippen molar-refractivity contribution in [3.8, 4) is 6.01 Å². The van der Waals surface area contributed by atoms with Gasteiger partial charge in [0.25, 0.3) is 0 Å². The number of aromatic nitrogens is 2. The number of ether oxygens (including phenoxy) is 2. The van der Waals surface area contributed by atoms with Crippen molar-refractivity contribution >= 4 is 38.7 Å². The van der Waals surface area contributed by atoms with Crippen LogP contribution in [0.15, 0.2) is 10.5 Å². The lowest BCUT2D eigenvalue weighted by Gasteiger charge is -2.31. The Kier molecular flexibility index (Phi) is 7.17. The number of halogens is 4. The molecule has 0 aliphatic carbocycles. The fraction of sp³-hybridized carbons (Fsp3) is 0.654. The number of amides is 1. The molecule has 0 unspecified atom stereocenters. The molecule has 0 spiro atoms. The summed E-state index contributed by atoms with van der Waals surface area (Å²) in [5.74, 6) is -1.33. The molecule has 0 saturated carbocycles. The van der Waals surface area contributed by atoms with E-state index in [1.807, 2.05) is 20.8 Å². The van der Waals surface area contributed by atoms with Crippen molar-refractivity contribution in [1.29, 1.82) is 0 Å². The van der Waals surface area contributed by atoms with E-state index >= 15 is 4.39 Å².